The van der Waals surface area contributed by atoms with Gasteiger partial charge in [0.2, 0.25) is 0 Å². The zero-order valence-electron chi connectivity index (χ0n) is 16.4. The maximum atomic E-state index is 12.8. The summed E-state index contributed by atoms with van der Waals surface area (Å²) in [5, 5.41) is 6.61. The number of anilines is 1. The number of fused-ring (bicyclic) bond motifs is 1. The van der Waals surface area contributed by atoms with E-state index >= 15 is 0 Å². The Morgan fingerprint density at radius 3 is 2.57 bits per heavy atom. The molecule has 0 bridgehead atoms. The Balaban J connectivity index is 1.93. The lowest BCUT2D eigenvalue weighted by Crippen LogP contribution is -2.27. The number of carbonyl (C=O) groups is 2. The van der Waals surface area contributed by atoms with E-state index in [2.05, 4.69) is 15.6 Å². The fourth-order valence-electron chi connectivity index (χ4n) is 3.08. The summed E-state index contributed by atoms with van der Waals surface area (Å²) in [5.74, 6) is -0.510. The molecule has 6 heteroatoms. The molecule has 0 unspecified atom stereocenters. The van der Waals surface area contributed by atoms with Crippen molar-refractivity contribution in [2.75, 3.05) is 25.6 Å². The first-order valence-corrected chi connectivity index (χ1v) is 9.27. The van der Waals surface area contributed by atoms with Gasteiger partial charge >= 0.3 is 0 Å². The number of hydrogen-bond acceptors (Lipinski definition) is 3. The highest BCUT2D eigenvalue weighted by atomic mass is 16.5. The van der Waals surface area contributed by atoms with Gasteiger partial charge < -0.3 is 20.4 Å². The molecule has 0 saturated heterocycles. The highest BCUT2D eigenvalue weighted by Crippen LogP contribution is 2.29. The molecule has 0 spiro atoms. The molecule has 2 aromatic carbocycles. The fourth-order valence-corrected chi connectivity index (χ4v) is 3.08. The molecule has 0 fully saturated rings. The van der Waals surface area contributed by atoms with Gasteiger partial charge in [-0.15, -0.1) is 0 Å². The van der Waals surface area contributed by atoms with Crippen LogP contribution < -0.4 is 10.6 Å². The Morgan fingerprint density at radius 1 is 1.04 bits per heavy atom. The van der Waals surface area contributed by atoms with Crippen molar-refractivity contribution in [2.45, 2.75) is 20.3 Å². The molecule has 0 radical (unpaired) electrons. The molecule has 0 aliphatic heterocycles. The van der Waals surface area contributed by atoms with Crippen LogP contribution in [0, 0.1) is 13.8 Å². The van der Waals surface area contributed by atoms with Gasteiger partial charge in [0.25, 0.3) is 11.8 Å². The third kappa shape index (κ3) is 4.40. The van der Waals surface area contributed by atoms with Crippen molar-refractivity contribution >= 4 is 28.4 Å². The number of nitrogens with one attached hydrogen (secondary N) is 3. The van der Waals surface area contributed by atoms with Crippen molar-refractivity contribution < 1.29 is 14.3 Å². The predicted molar refractivity (Wildman–Crippen MR) is 111 cm³/mol. The molecule has 0 atom stereocenters. The third-order valence-corrected chi connectivity index (χ3v) is 4.51. The summed E-state index contributed by atoms with van der Waals surface area (Å²) >= 11 is 0. The van der Waals surface area contributed by atoms with E-state index in [1.807, 2.05) is 50.2 Å². The first-order valence-electron chi connectivity index (χ1n) is 9.27. The molecule has 146 valence electrons. The van der Waals surface area contributed by atoms with Crippen molar-refractivity contribution in [3.63, 3.8) is 0 Å². The maximum Gasteiger partial charge on any atom is 0.269 e. The number of ether oxygens (including phenoxy) is 1. The van der Waals surface area contributed by atoms with Gasteiger partial charge in [0.05, 0.1) is 5.69 Å². The van der Waals surface area contributed by atoms with E-state index in [1.165, 1.54) is 0 Å². The third-order valence-electron chi connectivity index (χ3n) is 4.51. The van der Waals surface area contributed by atoms with Crippen molar-refractivity contribution in [1.29, 1.82) is 0 Å². The molecule has 0 aliphatic rings. The minimum Gasteiger partial charge on any atom is -0.385 e. The van der Waals surface area contributed by atoms with Crippen LogP contribution in [-0.4, -0.2) is 37.1 Å². The number of hydrogen-bond donors (Lipinski definition) is 3. The molecular weight excluding hydrogens is 354 g/mol. The van der Waals surface area contributed by atoms with E-state index in [0.717, 1.165) is 22.0 Å². The quantitative estimate of drug-likeness (QED) is 0.546. The minimum atomic E-state index is -0.260. The number of aromatic amines is 1. The van der Waals surface area contributed by atoms with Gasteiger partial charge in [-0.1, -0.05) is 29.3 Å². The first kappa shape index (κ1) is 19.6. The average Bonchev–Trinajstić information content (AvgIpc) is 3.03. The van der Waals surface area contributed by atoms with Crippen LogP contribution in [-0.2, 0) is 4.74 Å². The Labute approximate surface area is 164 Å². The van der Waals surface area contributed by atoms with Gasteiger partial charge in [0.1, 0.15) is 5.69 Å². The van der Waals surface area contributed by atoms with Crippen LogP contribution in [0.2, 0.25) is 0 Å². The van der Waals surface area contributed by atoms with Gasteiger partial charge in [-0.25, -0.2) is 0 Å². The highest BCUT2D eigenvalue weighted by Gasteiger charge is 2.20. The van der Waals surface area contributed by atoms with E-state index in [1.54, 1.807) is 13.2 Å². The van der Waals surface area contributed by atoms with Crippen LogP contribution in [0.3, 0.4) is 0 Å². The fraction of sp³-hybridized carbons (Fsp3) is 0.273. The number of aromatic nitrogens is 1. The maximum absolute atomic E-state index is 12.8. The van der Waals surface area contributed by atoms with E-state index in [9.17, 15) is 9.59 Å². The van der Waals surface area contributed by atoms with Crippen LogP contribution in [0.5, 0.6) is 0 Å². The first-order chi connectivity index (χ1) is 13.5. The molecule has 28 heavy (non-hydrogen) atoms. The number of aryl methyl sites for hydroxylation is 2. The van der Waals surface area contributed by atoms with E-state index in [-0.39, 0.29) is 11.8 Å². The second-order valence-electron chi connectivity index (χ2n) is 6.85. The van der Waals surface area contributed by atoms with E-state index < -0.39 is 0 Å². The molecule has 1 heterocycles. The van der Waals surface area contributed by atoms with Gasteiger partial charge in [0.15, 0.2) is 0 Å². The Hall–Kier alpha value is -3.12. The Bertz CT molecular complexity index is 1010. The van der Waals surface area contributed by atoms with E-state index in [4.69, 9.17) is 4.74 Å². The summed E-state index contributed by atoms with van der Waals surface area (Å²) in [6, 6.07) is 13.2. The molecule has 6 nitrogen and oxygen atoms in total. The van der Waals surface area contributed by atoms with Gasteiger partial charge in [-0.2, -0.15) is 0 Å². The van der Waals surface area contributed by atoms with Crippen LogP contribution in [0.4, 0.5) is 5.69 Å². The summed E-state index contributed by atoms with van der Waals surface area (Å²) in [7, 11) is 1.63. The summed E-state index contributed by atoms with van der Waals surface area (Å²) in [6.07, 6.45) is 0.715. The minimum absolute atomic E-state index is 0.250. The topological polar surface area (TPSA) is 83.2 Å². The van der Waals surface area contributed by atoms with Crippen molar-refractivity contribution in [3.8, 4) is 0 Å². The van der Waals surface area contributed by atoms with Crippen LogP contribution in [0.25, 0.3) is 10.9 Å². The monoisotopic (exact) mass is 379 g/mol. The predicted octanol–water partition coefficient (Wildman–Crippen LogP) is 3.80. The zero-order valence-corrected chi connectivity index (χ0v) is 16.4. The molecular formula is C22H25N3O3. The number of carbonyl (C=O) groups excluding carboxylic acids is 2. The van der Waals surface area contributed by atoms with Crippen LogP contribution in [0.1, 0.15) is 38.4 Å². The average molecular weight is 379 g/mol. The lowest BCUT2D eigenvalue weighted by molar-refractivity contribution is 0.0945. The van der Waals surface area contributed by atoms with Gasteiger partial charge in [0, 0.05) is 36.7 Å². The second kappa shape index (κ2) is 8.71. The lowest BCUT2D eigenvalue weighted by Gasteiger charge is -2.09. The SMILES string of the molecule is COCCCNC(=O)c1[nH]c2ccc(C)cc2c1NC(=O)c1cccc(C)c1. The summed E-state index contributed by atoms with van der Waals surface area (Å²) < 4.78 is 5.01. The number of amides is 2. The number of methoxy groups -OCH3 is 1. The Morgan fingerprint density at radius 2 is 1.82 bits per heavy atom. The molecule has 0 saturated carbocycles. The van der Waals surface area contributed by atoms with Crippen molar-refractivity contribution in [2.24, 2.45) is 0 Å². The van der Waals surface area contributed by atoms with Gasteiger partial charge in [-0.3, -0.25) is 9.59 Å². The number of H-pyrrole nitrogens is 1. The summed E-state index contributed by atoms with van der Waals surface area (Å²) in [4.78, 5) is 28.7. The number of benzene rings is 2. The molecule has 1 aromatic heterocycles. The molecule has 2 amide bonds. The summed E-state index contributed by atoms with van der Waals surface area (Å²) in [5.41, 5.74) is 4.23. The highest BCUT2D eigenvalue weighted by molar-refractivity contribution is 6.15. The molecule has 3 N–H and O–H groups in total. The molecule has 3 rings (SSSR count). The van der Waals surface area contributed by atoms with Crippen LogP contribution >= 0.6 is 0 Å². The van der Waals surface area contributed by atoms with Crippen molar-refractivity contribution in [1.82, 2.24) is 10.3 Å². The molecule has 0 aliphatic carbocycles. The number of rotatable bonds is 7. The normalized spacial score (nSPS) is 10.8. The largest absolute Gasteiger partial charge is 0.385 e. The van der Waals surface area contributed by atoms with Crippen molar-refractivity contribution in [3.05, 3.63) is 64.8 Å². The Kier molecular flexibility index (Phi) is 6.11. The van der Waals surface area contributed by atoms with Crippen LogP contribution in [0.15, 0.2) is 42.5 Å². The standard InChI is InChI=1S/C22H25N3O3/c1-14-6-4-7-16(12-14)21(26)25-19-17-13-15(2)8-9-18(17)24-20(19)22(27)23-10-5-11-28-3/h4,6-9,12-13,24H,5,10-11H2,1-3H3,(H,23,27)(H,25,26). The smallest absolute Gasteiger partial charge is 0.269 e. The summed E-state index contributed by atoms with van der Waals surface area (Å²) in [6.45, 7) is 4.98. The van der Waals surface area contributed by atoms with Gasteiger partial charge in [-0.05, 0) is 44.5 Å². The zero-order chi connectivity index (χ0) is 20.1. The van der Waals surface area contributed by atoms with E-state index in [0.29, 0.717) is 36.5 Å². The lowest BCUT2D eigenvalue weighted by atomic mass is 10.1. The second-order valence-corrected chi connectivity index (χ2v) is 6.85. The molecule has 3 aromatic rings.